The quantitative estimate of drug-likeness (QED) is 0.667. The molecule has 1 saturated carbocycles. The van der Waals surface area contributed by atoms with Crippen molar-refractivity contribution >= 4 is 11.9 Å². The number of aromatic nitrogens is 2. The molecule has 2 aromatic rings. The summed E-state index contributed by atoms with van der Waals surface area (Å²) in [7, 11) is 0. The highest BCUT2D eigenvalue weighted by molar-refractivity contribution is 5.77. The zero-order chi connectivity index (χ0) is 23.8. The van der Waals surface area contributed by atoms with Gasteiger partial charge in [-0.1, -0.05) is 18.2 Å². The number of fused-ring (bicyclic) bond motifs is 1. The molecule has 2 aliphatic rings. The van der Waals surface area contributed by atoms with E-state index in [0.717, 1.165) is 4.68 Å². The summed E-state index contributed by atoms with van der Waals surface area (Å²) in [4.78, 5) is 25.6. The molecule has 0 saturated heterocycles. The second-order valence-electron chi connectivity index (χ2n) is 8.85. The number of aliphatic carboxylic acids is 1. The van der Waals surface area contributed by atoms with Gasteiger partial charge in [0.2, 0.25) is 5.91 Å². The van der Waals surface area contributed by atoms with Gasteiger partial charge in [-0.25, -0.2) is 4.39 Å². The Morgan fingerprint density at radius 3 is 2.45 bits per heavy atom. The Bertz CT molecular complexity index is 1040. The van der Waals surface area contributed by atoms with Crippen molar-refractivity contribution in [2.24, 2.45) is 11.8 Å². The third kappa shape index (κ3) is 5.04. The first-order chi connectivity index (χ1) is 15.6. The zero-order valence-corrected chi connectivity index (χ0v) is 17.9. The number of carbonyl (C=O) groups excluding carboxylic acids is 1. The first-order valence-corrected chi connectivity index (χ1v) is 11.0. The minimum atomic E-state index is -4.64. The molecule has 0 spiro atoms. The fourth-order valence-corrected chi connectivity index (χ4v) is 4.83. The molecule has 0 radical (unpaired) electrons. The Morgan fingerprint density at radius 1 is 1.12 bits per heavy atom. The van der Waals surface area contributed by atoms with E-state index < -0.39 is 23.7 Å². The summed E-state index contributed by atoms with van der Waals surface area (Å²) in [6, 6.07) is 5.84. The van der Waals surface area contributed by atoms with Crippen LogP contribution in [0.4, 0.5) is 17.6 Å². The molecule has 1 aromatic heterocycles. The number of halogens is 4. The van der Waals surface area contributed by atoms with E-state index >= 15 is 0 Å². The van der Waals surface area contributed by atoms with Gasteiger partial charge in [0.25, 0.3) is 0 Å². The fraction of sp³-hybridized carbons (Fsp3) is 0.522. The number of amides is 1. The highest BCUT2D eigenvalue weighted by atomic mass is 19.4. The monoisotopic (exact) mass is 467 g/mol. The van der Waals surface area contributed by atoms with E-state index in [9.17, 15) is 27.2 Å². The third-order valence-electron chi connectivity index (χ3n) is 6.70. The Morgan fingerprint density at radius 2 is 1.82 bits per heavy atom. The number of hydrogen-bond donors (Lipinski definition) is 1. The van der Waals surface area contributed by atoms with Crippen molar-refractivity contribution in [3.8, 4) is 0 Å². The maximum atomic E-state index is 14.1. The van der Waals surface area contributed by atoms with Crippen molar-refractivity contribution in [1.29, 1.82) is 0 Å². The number of hydrogen-bond acceptors (Lipinski definition) is 3. The van der Waals surface area contributed by atoms with Crippen LogP contribution >= 0.6 is 0 Å². The van der Waals surface area contributed by atoms with Crippen LogP contribution in [0.3, 0.4) is 0 Å². The van der Waals surface area contributed by atoms with Crippen molar-refractivity contribution in [2.45, 2.75) is 57.8 Å². The van der Waals surface area contributed by atoms with Crippen LogP contribution in [-0.2, 0) is 35.3 Å². The molecule has 1 aromatic carbocycles. The Labute approximate surface area is 188 Å². The normalized spacial score (nSPS) is 21.0. The van der Waals surface area contributed by atoms with Gasteiger partial charge in [0.05, 0.1) is 24.7 Å². The Hall–Kier alpha value is -2.91. The molecule has 1 aliphatic carbocycles. The number of rotatable bonds is 5. The predicted molar refractivity (Wildman–Crippen MR) is 110 cm³/mol. The SMILES string of the molecule is O=C(O)C1CCC(CC(=O)N2CCc3c(C(F)(F)F)nn(Cc4ccccc4F)c3C2)CC1. The summed E-state index contributed by atoms with van der Waals surface area (Å²) in [5.74, 6) is -1.81. The fourth-order valence-electron chi connectivity index (χ4n) is 4.83. The van der Waals surface area contributed by atoms with Gasteiger partial charge in [0.1, 0.15) is 5.82 Å². The maximum absolute atomic E-state index is 14.1. The topological polar surface area (TPSA) is 75.4 Å². The number of carboxylic acid groups (broad SMARTS) is 1. The Balaban J connectivity index is 1.51. The molecule has 0 atom stereocenters. The maximum Gasteiger partial charge on any atom is 0.435 e. The molecule has 0 unspecified atom stereocenters. The molecule has 10 heteroatoms. The average Bonchev–Trinajstić information content (AvgIpc) is 3.14. The summed E-state index contributed by atoms with van der Waals surface area (Å²) >= 11 is 0. The lowest BCUT2D eigenvalue weighted by atomic mass is 9.80. The van der Waals surface area contributed by atoms with Gasteiger partial charge in [-0.2, -0.15) is 18.3 Å². The number of nitrogens with zero attached hydrogens (tertiary/aromatic N) is 3. The zero-order valence-electron chi connectivity index (χ0n) is 17.9. The summed E-state index contributed by atoms with van der Waals surface area (Å²) in [6.45, 7) is -0.0206. The van der Waals surface area contributed by atoms with Crippen LogP contribution in [0.5, 0.6) is 0 Å². The molecule has 1 N–H and O–H groups in total. The first kappa shape index (κ1) is 23.3. The third-order valence-corrected chi connectivity index (χ3v) is 6.70. The van der Waals surface area contributed by atoms with Gasteiger partial charge in [-0.05, 0) is 44.1 Å². The van der Waals surface area contributed by atoms with Gasteiger partial charge in [-0.15, -0.1) is 0 Å². The van der Waals surface area contributed by atoms with E-state index in [-0.39, 0.29) is 67.0 Å². The van der Waals surface area contributed by atoms with Crippen LogP contribution in [0.15, 0.2) is 24.3 Å². The molecular weight excluding hydrogens is 442 g/mol. The number of carboxylic acids is 1. The average molecular weight is 467 g/mol. The Kier molecular flexibility index (Phi) is 6.45. The van der Waals surface area contributed by atoms with Crippen molar-refractivity contribution < 1.29 is 32.3 Å². The lowest BCUT2D eigenvalue weighted by Gasteiger charge is -2.31. The molecule has 178 valence electrons. The minimum absolute atomic E-state index is 0.0177. The van der Waals surface area contributed by atoms with E-state index in [1.807, 2.05) is 0 Å². The van der Waals surface area contributed by atoms with E-state index in [1.54, 1.807) is 6.07 Å². The second kappa shape index (κ2) is 9.15. The second-order valence-corrected chi connectivity index (χ2v) is 8.85. The van der Waals surface area contributed by atoms with Crippen LogP contribution in [0, 0.1) is 17.7 Å². The highest BCUT2D eigenvalue weighted by Gasteiger charge is 2.41. The predicted octanol–water partition coefficient (Wildman–Crippen LogP) is 4.26. The largest absolute Gasteiger partial charge is 0.481 e. The van der Waals surface area contributed by atoms with Crippen LogP contribution in [0.2, 0.25) is 0 Å². The van der Waals surface area contributed by atoms with Crippen molar-refractivity contribution in [3.05, 3.63) is 52.6 Å². The van der Waals surface area contributed by atoms with Crippen LogP contribution in [0.25, 0.3) is 0 Å². The summed E-state index contributed by atoms with van der Waals surface area (Å²) in [5.41, 5.74) is -0.423. The molecule has 1 amide bonds. The van der Waals surface area contributed by atoms with Crippen LogP contribution < -0.4 is 0 Å². The summed E-state index contributed by atoms with van der Waals surface area (Å²) in [5, 5.41) is 12.9. The van der Waals surface area contributed by atoms with Gasteiger partial charge < -0.3 is 10.0 Å². The van der Waals surface area contributed by atoms with Crippen molar-refractivity contribution in [3.63, 3.8) is 0 Å². The standard InChI is InChI=1S/C23H25F4N3O3/c24-18-4-2-1-3-16(18)12-30-19-13-29(10-9-17(19)21(28-30)23(25,26)27)20(31)11-14-5-7-15(8-6-14)22(32)33/h1-4,14-15H,5-13H2,(H,32,33). The van der Waals surface area contributed by atoms with Gasteiger partial charge in [-0.3, -0.25) is 14.3 Å². The smallest absolute Gasteiger partial charge is 0.435 e. The van der Waals surface area contributed by atoms with Crippen LogP contribution in [-0.4, -0.2) is 38.2 Å². The number of carbonyl (C=O) groups is 2. The van der Waals surface area contributed by atoms with E-state index in [2.05, 4.69) is 5.10 Å². The lowest BCUT2D eigenvalue weighted by molar-refractivity contribution is -0.143. The van der Waals surface area contributed by atoms with E-state index in [0.29, 0.717) is 25.7 Å². The van der Waals surface area contributed by atoms with Crippen molar-refractivity contribution in [1.82, 2.24) is 14.7 Å². The molecule has 1 fully saturated rings. The minimum Gasteiger partial charge on any atom is -0.481 e. The molecule has 4 rings (SSSR count). The molecular formula is C23H25F4N3O3. The van der Waals surface area contributed by atoms with Gasteiger partial charge in [0, 0.05) is 24.1 Å². The molecule has 6 nitrogen and oxygen atoms in total. The molecule has 2 heterocycles. The van der Waals surface area contributed by atoms with Crippen LogP contribution in [0.1, 0.15) is 54.6 Å². The number of benzene rings is 1. The number of alkyl halides is 3. The molecule has 1 aliphatic heterocycles. The molecule has 33 heavy (non-hydrogen) atoms. The van der Waals surface area contributed by atoms with E-state index in [4.69, 9.17) is 5.11 Å². The van der Waals surface area contributed by atoms with Gasteiger partial charge in [0.15, 0.2) is 5.69 Å². The van der Waals surface area contributed by atoms with Gasteiger partial charge >= 0.3 is 12.1 Å². The first-order valence-electron chi connectivity index (χ1n) is 11.0. The van der Waals surface area contributed by atoms with Crippen molar-refractivity contribution in [2.75, 3.05) is 6.54 Å². The summed E-state index contributed by atoms with van der Waals surface area (Å²) < 4.78 is 56.1. The van der Waals surface area contributed by atoms with E-state index in [1.165, 1.54) is 23.1 Å². The molecule has 0 bridgehead atoms. The lowest BCUT2D eigenvalue weighted by Crippen LogP contribution is -2.38. The summed E-state index contributed by atoms with van der Waals surface area (Å²) in [6.07, 6.45) is -2.02. The highest BCUT2D eigenvalue weighted by Crippen LogP contribution is 2.36.